The van der Waals surface area contributed by atoms with Gasteiger partial charge in [-0.25, -0.2) is 4.98 Å². The molecule has 5 heteroatoms. The molecule has 90 valence electrons. The molecule has 3 heterocycles. The monoisotopic (exact) mass is 292 g/mol. The summed E-state index contributed by atoms with van der Waals surface area (Å²) in [6.45, 7) is 2.07. The predicted octanol–water partition coefficient (Wildman–Crippen LogP) is 4.90. The lowest BCUT2D eigenvalue weighted by Gasteiger charge is -1.99. The summed E-state index contributed by atoms with van der Waals surface area (Å²) in [7, 11) is 0. The number of rotatable bonds is 2. The molecule has 0 fully saturated rings. The van der Waals surface area contributed by atoms with E-state index >= 15 is 0 Å². The summed E-state index contributed by atoms with van der Waals surface area (Å²) >= 11 is 9.36. The minimum absolute atomic E-state index is 0.764. The second kappa shape index (κ2) is 4.80. The number of nitrogens with zero attached hydrogens (tertiary/aromatic N) is 2. The third kappa shape index (κ3) is 2.07. The Hall–Kier alpha value is -1.23. The number of halogens is 1. The molecule has 0 atom stereocenters. The zero-order valence-corrected chi connectivity index (χ0v) is 11.9. The quantitative estimate of drug-likeness (QED) is 0.671. The van der Waals surface area contributed by atoms with E-state index in [1.54, 1.807) is 28.9 Å². The van der Waals surface area contributed by atoms with Gasteiger partial charge in [-0.1, -0.05) is 11.6 Å². The van der Waals surface area contributed by atoms with Crippen LogP contribution < -0.4 is 0 Å². The molecule has 0 saturated carbocycles. The molecule has 3 aromatic rings. The van der Waals surface area contributed by atoms with Crippen LogP contribution in [0.3, 0.4) is 0 Å². The number of hydrogen-bond acceptors (Lipinski definition) is 4. The molecule has 0 spiro atoms. The van der Waals surface area contributed by atoms with Crippen LogP contribution in [0.5, 0.6) is 0 Å². The van der Waals surface area contributed by atoms with Crippen molar-refractivity contribution in [2.75, 3.05) is 0 Å². The van der Waals surface area contributed by atoms with Crippen LogP contribution in [0.15, 0.2) is 35.3 Å². The van der Waals surface area contributed by atoms with Crippen LogP contribution in [-0.2, 0) is 0 Å². The van der Waals surface area contributed by atoms with Crippen LogP contribution >= 0.6 is 34.3 Å². The van der Waals surface area contributed by atoms with Gasteiger partial charge in [0.15, 0.2) is 0 Å². The van der Waals surface area contributed by atoms with Crippen molar-refractivity contribution < 1.29 is 0 Å². The highest BCUT2D eigenvalue weighted by Gasteiger charge is 2.11. The van der Waals surface area contributed by atoms with Gasteiger partial charge in [-0.3, -0.25) is 4.98 Å². The van der Waals surface area contributed by atoms with Crippen molar-refractivity contribution in [2.24, 2.45) is 0 Å². The average Bonchev–Trinajstić information content (AvgIpc) is 2.98. The van der Waals surface area contributed by atoms with Crippen molar-refractivity contribution in [3.8, 4) is 21.1 Å². The molecule has 0 saturated heterocycles. The van der Waals surface area contributed by atoms with E-state index in [4.69, 9.17) is 11.6 Å². The number of hydrogen-bond donors (Lipinski definition) is 0. The second-order valence-electron chi connectivity index (χ2n) is 3.83. The summed E-state index contributed by atoms with van der Waals surface area (Å²) in [5.41, 5.74) is 3.21. The molecule has 0 aliphatic heterocycles. The third-order valence-corrected chi connectivity index (χ3v) is 4.86. The first-order chi connectivity index (χ1) is 8.75. The van der Waals surface area contributed by atoms with Gasteiger partial charge in [-0.05, 0) is 30.0 Å². The van der Waals surface area contributed by atoms with Crippen molar-refractivity contribution in [1.82, 2.24) is 9.97 Å². The Morgan fingerprint density at radius 3 is 2.83 bits per heavy atom. The lowest BCUT2D eigenvalue weighted by Crippen LogP contribution is -1.84. The largest absolute Gasteiger partial charge is 0.264 e. The summed E-state index contributed by atoms with van der Waals surface area (Å²) in [5.74, 6) is 0. The average molecular weight is 293 g/mol. The van der Waals surface area contributed by atoms with Crippen LogP contribution in [0.2, 0.25) is 5.02 Å². The van der Waals surface area contributed by atoms with Gasteiger partial charge in [0.2, 0.25) is 0 Å². The minimum Gasteiger partial charge on any atom is -0.264 e. The Balaban J connectivity index is 2.05. The topological polar surface area (TPSA) is 25.8 Å². The smallest absolute Gasteiger partial charge is 0.125 e. The molecule has 0 N–H and O–H groups in total. The van der Waals surface area contributed by atoms with Gasteiger partial charge in [0.05, 0.1) is 15.6 Å². The van der Waals surface area contributed by atoms with Gasteiger partial charge < -0.3 is 0 Å². The first-order valence-corrected chi connectivity index (χ1v) is 7.49. The Kier molecular flexibility index (Phi) is 3.16. The molecule has 3 aromatic heterocycles. The Labute approximate surface area is 118 Å². The van der Waals surface area contributed by atoms with Crippen LogP contribution in [0.4, 0.5) is 0 Å². The highest BCUT2D eigenvalue weighted by atomic mass is 35.5. The molecule has 0 radical (unpaired) electrons. The highest BCUT2D eigenvalue weighted by molar-refractivity contribution is 7.16. The van der Waals surface area contributed by atoms with Crippen molar-refractivity contribution in [2.45, 2.75) is 6.92 Å². The maximum atomic E-state index is 6.12. The lowest BCUT2D eigenvalue weighted by atomic mass is 10.2. The summed E-state index contributed by atoms with van der Waals surface area (Å²) in [4.78, 5) is 9.83. The van der Waals surface area contributed by atoms with Crippen molar-refractivity contribution in [1.29, 1.82) is 0 Å². The summed E-state index contributed by atoms with van der Waals surface area (Å²) in [6, 6.07) is 3.89. The van der Waals surface area contributed by atoms with E-state index in [9.17, 15) is 0 Å². The van der Waals surface area contributed by atoms with E-state index in [0.717, 1.165) is 26.2 Å². The number of pyridine rings is 1. The van der Waals surface area contributed by atoms with Crippen LogP contribution in [0.25, 0.3) is 21.1 Å². The van der Waals surface area contributed by atoms with Crippen LogP contribution in [-0.4, -0.2) is 9.97 Å². The van der Waals surface area contributed by atoms with Gasteiger partial charge in [0.25, 0.3) is 0 Å². The van der Waals surface area contributed by atoms with E-state index in [0.29, 0.717) is 0 Å². The van der Waals surface area contributed by atoms with Crippen molar-refractivity contribution in [3.05, 3.63) is 45.9 Å². The van der Waals surface area contributed by atoms with Gasteiger partial charge in [0.1, 0.15) is 5.01 Å². The molecule has 0 bridgehead atoms. The maximum absolute atomic E-state index is 6.12. The fourth-order valence-corrected chi connectivity index (χ4v) is 3.74. The highest BCUT2D eigenvalue weighted by Crippen LogP contribution is 2.36. The zero-order valence-electron chi connectivity index (χ0n) is 9.55. The zero-order chi connectivity index (χ0) is 12.5. The number of thiophene rings is 1. The summed E-state index contributed by atoms with van der Waals surface area (Å²) in [5, 5.41) is 5.77. The fraction of sp³-hybridized carbons (Fsp3) is 0.0769. The molecule has 0 aliphatic carbocycles. The van der Waals surface area contributed by atoms with Gasteiger partial charge in [-0.2, -0.15) is 0 Å². The minimum atomic E-state index is 0.764. The SMILES string of the molecule is Cc1ccncc1-c1nc(-c2sccc2Cl)cs1. The van der Waals surface area contributed by atoms with E-state index < -0.39 is 0 Å². The molecular formula is C13H9ClN2S2. The lowest BCUT2D eigenvalue weighted by molar-refractivity contribution is 1.27. The second-order valence-corrected chi connectivity index (χ2v) is 6.01. The number of aryl methyl sites for hydroxylation is 1. The van der Waals surface area contributed by atoms with E-state index in [-0.39, 0.29) is 0 Å². The fourth-order valence-electron chi connectivity index (χ4n) is 1.67. The van der Waals surface area contributed by atoms with Gasteiger partial charge >= 0.3 is 0 Å². The number of aromatic nitrogens is 2. The maximum Gasteiger partial charge on any atom is 0.125 e. The third-order valence-electron chi connectivity index (χ3n) is 2.62. The molecule has 0 amide bonds. The van der Waals surface area contributed by atoms with Crippen LogP contribution in [0, 0.1) is 6.92 Å². The Morgan fingerprint density at radius 1 is 1.22 bits per heavy atom. The summed E-state index contributed by atoms with van der Waals surface area (Å²) in [6.07, 6.45) is 3.65. The van der Waals surface area contributed by atoms with Gasteiger partial charge in [0, 0.05) is 23.3 Å². The normalized spacial score (nSPS) is 10.8. The molecule has 0 aliphatic rings. The van der Waals surface area contributed by atoms with Crippen LogP contribution in [0.1, 0.15) is 5.56 Å². The van der Waals surface area contributed by atoms with E-state index in [2.05, 4.69) is 16.9 Å². The first-order valence-electron chi connectivity index (χ1n) is 5.35. The van der Waals surface area contributed by atoms with Gasteiger partial charge in [-0.15, -0.1) is 22.7 Å². The summed E-state index contributed by atoms with van der Waals surface area (Å²) < 4.78 is 0. The van der Waals surface area contributed by atoms with E-state index in [1.807, 2.05) is 29.1 Å². The predicted molar refractivity (Wildman–Crippen MR) is 78.4 cm³/mol. The molecule has 18 heavy (non-hydrogen) atoms. The molecule has 0 unspecified atom stereocenters. The molecule has 3 rings (SSSR count). The van der Waals surface area contributed by atoms with Crippen molar-refractivity contribution in [3.63, 3.8) is 0 Å². The Morgan fingerprint density at radius 2 is 2.11 bits per heavy atom. The first kappa shape index (κ1) is 11.8. The number of thiazole rings is 1. The van der Waals surface area contributed by atoms with Crippen molar-refractivity contribution >= 4 is 34.3 Å². The molecule has 2 nitrogen and oxygen atoms in total. The standard InChI is InChI=1S/C13H9ClN2S2/c1-8-2-4-15-6-9(8)13-16-11(7-18-13)12-10(14)3-5-17-12/h2-7H,1H3. The molecule has 0 aromatic carbocycles. The molecular weight excluding hydrogens is 284 g/mol. The van der Waals surface area contributed by atoms with E-state index in [1.165, 1.54) is 5.56 Å². The Bertz CT molecular complexity index is 688.